The van der Waals surface area contributed by atoms with Gasteiger partial charge in [0.2, 0.25) is 0 Å². The van der Waals surface area contributed by atoms with Gasteiger partial charge >= 0.3 is 5.97 Å². The van der Waals surface area contributed by atoms with Crippen molar-refractivity contribution in [3.8, 4) is 5.19 Å². The number of carbonyl (C=O) groups is 1. The van der Waals surface area contributed by atoms with E-state index in [-0.39, 0.29) is 12.6 Å². The van der Waals surface area contributed by atoms with Crippen LogP contribution in [0.25, 0.3) is 10.2 Å². The summed E-state index contributed by atoms with van der Waals surface area (Å²) in [5.41, 5.74) is 1.89. The number of thiazole rings is 1. The number of aryl methyl sites for hydroxylation is 1. The van der Waals surface area contributed by atoms with Crippen LogP contribution in [-0.2, 0) is 14.3 Å². The summed E-state index contributed by atoms with van der Waals surface area (Å²) in [6.45, 7) is 13.6. The Balaban J connectivity index is 2.46. The molecule has 1 atom stereocenters. The number of hydrogen-bond acceptors (Lipinski definition) is 6. The van der Waals surface area contributed by atoms with E-state index < -0.39 is 17.1 Å². The van der Waals surface area contributed by atoms with Crippen molar-refractivity contribution in [2.75, 3.05) is 13.7 Å². The van der Waals surface area contributed by atoms with E-state index in [1.165, 1.54) is 11.3 Å². The lowest BCUT2D eigenvalue weighted by Crippen LogP contribution is -2.29. The van der Waals surface area contributed by atoms with E-state index >= 15 is 0 Å². The predicted octanol–water partition coefficient (Wildman–Crippen LogP) is 5.82. The van der Waals surface area contributed by atoms with E-state index in [0.717, 1.165) is 25.8 Å². The molecule has 0 radical (unpaired) electrons. The first kappa shape index (κ1) is 22.1. The van der Waals surface area contributed by atoms with Gasteiger partial charge in [-0.1, -0.05) is 11.3 Å². The molecule has 2 aromatic rings. The lowest BCUT2D eigenvalue weighted by molar-refractivity contribution is -0.162. The van der Waals surface area contributed by atoms with Crippen LogP contribution in [0.15, 0.2) is 10.5 Å². The number of fused-ring (bicyclic) bond motifs is 1. The van der Waals surface area contributed by atoms with Crippen LogP contribution >= 0.6 is 27.3 Å². The van der Waals surface area contributed by atoms with Crippen LogP contribution in [0.4, 0.5) is 0 Å². The number of methoxy groups -OCH3 is 1. The van der Waals surface area contributed by atoms with E-state index in [4.69, 9.17) is 14.2 Å². The summed E-state index contributed by atoms with van der Waals surface area (Å²) in [6, 6.07) is 2.01. The molecule has 1 aromatic heterocycles. The molecule has 1 aromatic carbocycles. The van der Waals surface area contributed by atoms with E-state index in [1.807, 2.05) is 54.5 Å². The highest BCUT2D eigenvalue weighted by molar-refractivity contribution is 9.10. The van der Waals surface area contributed by atoms with Gasteiger partial charge in [0.05, 0.1) is 28.3 Å². The van der Waals surface area contributed by atoms with Crippen molar-refractivity contribution in [3.63, 3.8) is 0 Å². The third kappa shape index (κ3) is 5.42. The largest absolute Gasteiger partial charge is 0.473 e. The van der Waals surface area contributed by atoms with Crippen LogP contribution in [-0.4, -0.2) is 30.3 Å². The van der Waals surface area contributed by atoms with E-state index in [1.54, 1.807) is 7.11 Å². The minimum atomic E-state index is -0.562. The van der Waals surface area contributed by atoms with Gasteiger partial charge in [0.15, 0.2) is 0 Å². The number of carbonyl (C=O) groups excluding carboxylic acids is 1. The Hall–Kier alpha value is -1.18. The summed E-state index contributed by atoms with van der Waals surface area (Å²) in [4.78, 5) is 16.8. The standard InChI is InChI=1S/C20H28BrNO4S/c1-11-9-12-16(27-18(22-12)24-8)15(21)14(11)13(26-20(5,6)7)10-25-17(23)19(2,3)4/h9,13H,10H2,1-8H3/t13-/m1/s1. The quantitative estimate of drug-likeness (QED) is 0.529. The van der Waals surface area contributed by atoms with Crippen LogP contribution in [0.1, 0.15) is 58.8 Å². The molecule has 0 bridgehead atoms. The predicted molar refractivity (Wildman–Crippen MR) is 113 cm³/mol. The highest BCUT2D eigenvalue weighted by Crippen LogP contribution is 2.41. The Morgan fingerprint density at radius 3 is 2.41 bits per heavy atom. The van der Waals surface area contributed by atoms with Crippen molar-refractivity contribution in [2.24, 2.45) is 5.41 Å². The molecule has 0 saturated carbocycles. The van der Waals surface area contributed by atoms with Gasteiger partial charge in [-0.05, 0) is 76.0 Å². The monoisotopic (exact) mass is 457 g/mol. The second kappa shape index (κ2) is 8.05. The molecular weight excluding hydrogens is 430 g/mol. The highest BCUT2D eigenvalue weighted by Gasteiger charge is 2.29. The summed E-state index contributed by atoms with van der Waals surface area (Å²) in [7, 11) is 1.61. The maximum absolute atomic E-state index is 12.3. The van der Waals surface area contributed by atoms with Crippen molar-refractivity contribution in [1.82, 2.24) is 4.98 Å². The molecular formula is C20H28BrNO4S. The van der Waals surface area contributed by atoms with Crippen LogP contribution < -0.4 is 4.74 Å². The average molecular weight is 458 g/mol. The van der Waals surface area contributed by atoms with E-state index in [9.17, 15) is 4.79 Å². The summed E-state index contributed by atoms with van der Waals surface area (Å²) >= 11 is 5.19. The molecule has 0 aliphatic heterocycles. The number of nitrogens with zero attached hydrogens (tertiary/aromatic N) is 1. The fourth-order valence-electron chi connectivity index (χ4n) is 2.60. The molecule has 2 rings (SSSR count). The Bertz CT molecular complexity index is 833. The van der Waals surface area contributed by atoms with Gasteiger partial charge in [-0.2, -0.15) is 0 Å². The third-order valence-electron chi connectivity index (χ3n) is 3.82. The summed E-state index contributed by atoms with van der Waals surface area (Å²) in [5, 5.41) is 0.606. The topological polar surface area (TPSA) is 57.7 Å². The lowest BCUT2D eigenvalue weighted by Gasteiger charge is -2.30. The zero-order chi connectivity index (χ0) is 20.6. The first-order valence-corrected chi connectivity index (χ1v) is 10.4. The number of aromatic nitrogens is 1. The minimum Gasteiger partial charge on any atom is -0.473 e. The summed E-state index contributed by atoms with van der Waals surface area (Å²) in [6.07, 6.45) is -0.400. The molecule has 27 heavy (non-hydrogen) atoms. The highest BCUT2D eigenvalue weighted by atomic mass is 79.9. The molecule has 0 saturated heterocycles. The molecule has 0 amide bonds. The second-order valence-corrected chi connectivity index (χ2v) is 10.3. The molecule has 150 valence electrons. The van der Waals surface area contributed by atoms with E-state index in [2.05, 4.69) is 20.9 Å². The number of rotatable bonds is 5. The van der Waals surface area contributed by atoms with Crippen LogP contribution in [0, 0.1) is 12.3 Å². The third-order valence-corrected chi connectivity index (χ3v) is 5.95. The minimum absolute atomic E-state index is 0.147. The zero-order valence-corrected chi connectivity index (χ0v) is 19.6. The molecule has 0 aliphatic rings. The molecule has 0 fully saturated rings. The molecule has 0 unspecified atom stereocenters. The SMILES string of the molecule is COc1nc2cc(C)c([C@@H](COC(=O)C(C)(C)C)OC(C)(C)C)c(Br)c2s1. The molecule has 0 spiro atoms. The van der Waals surface area contributed by atoms with Gasteiger partial charge in [-0.15, -0.1) is 0 Å². The van der Waals surface area contributed by atoms with Gasteiger partial charge in [-0.25, -0.2) is 4.98 Å². The van der Waals surface area contributed by atoms with Crippen LogP contribution in [0.2, 0.25) is 0 Å². The van der Waals surface area contributed by atoms with Gasteiger partial charge in [0.25, 0.3) is 5.19 Å². The molecule has 0 N–H and O–H groups in total. The average Bonchev–Trinajstić information content (AvgIpc) is 2.93. The maximum atomic E-state index is 12.3. The Morgan fingerprint density at radius 2 is 1.89 bits per heavy atom. The Labute approximate surface area is 173 Å². The summed E-state index contributed by atoms with van der Waals surface area (Å²) in [5.74, 6) is -0.251. The zero-order valence-electron chi connectivity index (χ0n) is 17.2. The molecule has 1 heterocycles. The first-order valence-electron chi connectivity index (χ1n) is 8.82. The number of ether oxygens (including phenoxy) is 3. The van der Waals surface area contributed by atoms with Crippen molar-refractivity contribution >= 4 is 43.5 Å². The van der Waals surface area contributed by atoms with Gasteiger partial charge < -0.3 is 14.2 Å². The number of hydrogen-bond donors (Lipinski definition) is 0. The number of benzene rings is 1. The van der Waals surface area contributed by atoms with Crippen LogP contribution in [0.5, 0.6) is 5.19 Å². The molecule has 0 aliphatic carbocycles. The van der Waals surface area contributed by atoms with Crippen molar-refractivity contribution in [2.45, 2.75) is 60.2 Å². The van der Waals surface area contributed by atoms with Gasteiger partial charge in [0.1, 0.15) is 12.7 Å². The number of esters is 1. The van der Waals surface area contributed by atoms with Crippen molar-refractivity contribution in [1.29, 1.82) is 0 Å². The van der Waals surface area contributed by atoms with Crippen LogP contribution in [0.3, 0.4) is 0 Å². The van der Waals surface area contributed by atoms with E-state index in [0.29, 0.717) is 5.19 Å². The fourth-order valence-corrected chi connectivity index (χ4v) is 4.42. The second-order valence-electron chi connectivity index (χ2n) is 8.52. The summed E-state index contributed by atoms with van der Waals surface area (Å²) < 4.78 is 19.0. The fraction of sp³-hybridized carbons (Fsp3) is 0.600. The number of halogens is 1. The van der Waals surface area contributed by atoms with Crippen molar-refractivity contribution < 1.29 is 19.0 Å². The smallest absolute Gasteiger partial charge is 0.311 e. The maximum Gasteiger partial charge on any atom is 0.311 e. The molecule has 5 nitrogen and oxygen atoms in total. The van der Waals surface area contributed by atoms with Gasteiger partial charge in [0, 0.05) is 10.0 Å². The lowest BCUT2D eigenvalue weighted by atomic mass is 9.97. The Kier molecular flexibility index (Phi) is 6.59. The van der Waals surface area contributed by atoms with Crippen molar-refractivity contribution in [3.05, 3.63) is 21.7 Å². The Morgan fingerprint density at radius 1 is 1.26 bits per heavy atom. The molecule has 7 heteroatoms. The first-order chi connectivity index (χ1) is 12.3. The normalized spacial score (nSPS) is 13.7. The van der Waals surface area contributed by atoms with Gasteiger partial charge in [-0.3, -0.25) is 4.79 Å².